The zero-order chi connectivity index (χ0) is 17.6. The third kappa shape index (κ3) is 4.36. The van der Waals surface area contributed by atoms with Crippen LogP contribution in [0, 0.1) is 0 Å². The topological polar surface area (TPSA) is 80.5 Å². The number of nitrogens with one attached hydrogen (secondary N) is 1. The van der Waals surface area contributed by atoms with E-state index in [1.54, 1.807) is 0 Å². The monoisotopic (exact) mass is 344 g/mol. The maximum atomic E-state index is 12.6. The van der Waals surface area contributed by atoms with Gasteiger partial charge in [0.25, 0.3) is 5.91 Å². The van der Waals surface area contributed by atoms with E-state index in [9.17, 15) is 4.79 Å². The maximum absolute atomic E-state index is 12.6. The second-order valence-electron chi connectivity index (χ2n) is 6.32. The predicted molar refractivity (Wildman–Crippen MR) is 93.9 cm³/mol. The molecule has 1 saturated heterocycles. The fraction of sp³-hybridized carbons (Fsp3) is 0.500. The summed E-state index contributed by atoms with van der Waals surface area (Å²) in [6, 6.07) is 7.66. The van der Waals surface area contributed by atoms with Crippen molar-refractivity contribution < 1.29 is 14.1 Å². The van der Waals surface area contributed by atoms with Crippen LogP contribution in [0.1, 0.15) is 41.8 Å². The van der Waals surface area contributed by atoms with Crippen LogP contribution in [-0.2, 0) is 11.2 Å². The summed E-state index contributed by atoms with van der Waals surface area (Å²) < 4.78 is 10.6. The Bertz CT molecular complexity index is 708. The van der Waals surface area contributed by atoms with Gasteiger partial charge in [-0.3, -0.25) is 4.79 Å². The van der Waals surface area contributed by atoms with Gasteiger partial charge in [-0.15, -0.1) is 0 Å². The molecule has 1 aliphatic rings. The Morgan fingerprint density at radius 2 is 2.04 bits per heavy atom. The van der Waals surface area contributed by atoms with Gasteiger partial charge in [-0.05, 0) is 12.1 Å². The quantitative estimate of drug-likeness (QED) is 0.863. The van der Waals surface area contributed by atoms with E-state index in [0.29, 0.717) is 43.5 Å². The number of hydrogen-bond acceptors (Lipinski definition) is 6. The highest BCUT2D eigenvalue weighted by molar-refractivity contribution is 5.99. The molecule has 1 aliphatic heterocycles. The number of ether oxygens (including phenoxy) is 1. The number of nitrogens with zero attached hydrogens (tertiary/aromatic N) is 3. The van der Waals surface area contributed by atoms with Gasteiger partial charge >= 0.3 is 0 Å². The Hall–Kier alpha value is -2.41. The summed E-state index contributed by atoms with van der Waals surface area (Å²) in [5.74, 6) is 1.38. The molecule has 2 heterocycles. The molecule has 3 rings (SSSR count). The number of morpholine rings is 1. The number of hydrogen-bond donors (Lipinski definition) is 1. The Balaban J connectivity index is 1.59. The summed E-state index contributed by atoms with van der Waals surface area (Å²) in [6.45, 7) is 7.44. The molecule has 134 valence electrons. The summed E-state index contributed by atoms with van der Waals surface area (Å²) in [6.07, 6.45) is 0.519. The minimum atomic E-state index is -0.0920. The van der Waals surface area contributed by atoms with E-state index in [0.717, 1.165) is 18.8 Å². The summed E-state index contributed by atoms with van der Waals surface area (Å²) in [5, 5.41) is 6.87. The first-order valence-corrected chi connectivity index (χ1v) is 8.67. The van der Waals surface area contributed by atoms with Gasteiger partial charge in [0.1, 0.15) is 0 Å². The second kappa shape index (κ2) is 8.11. The van der Waals surface area contributed by atoms with Crippen LogP contribution < -0.4 is 10.2 Å². The molecule has 1 aromatic heterocycles. The Kier molecular flexibility index (Phi) is 5.65. The molecule has 0 aliphatic carbocycles. The fourth-order valence-corrected chi connectivity index (χ4v) is 2.73. The molecule has 2 aromatic rings. The molecule has 7 nitrogen and oxygen atoms in total. The first-order chi connectivity index (χ1) is 12.1. The Morgan fingerprint density at radius 1 is 1.28 bits per heavy atom. The molecule has 0 saturated carbocycles. The zero-order valence-electron chi connectivity index (χ0n) is 14.7. The predicted octanol–water partition coefficient (Wildman–Crippen LogP) is 2.00. The number of carbonyl (C=O) groups excluding carboxylic acids is 1. The van der Waals surface area contributed by atoms with Crippen molar-refractivity contribution in [2.45, 2.75) is 26.2 Å². The summed E-state index contributed by atoms with van der Waals surface area (Å²) in [4.78, 5) is 19.1. The summed E-state index contributed by atoms with van der Waals surface area (Å²) >= 11 is 0. The van der Waals surface area contributed by atoms with Crippen LogP contribution in [0.5, 0.6) is 0 Å². The molecule has 7 heteroatoms. The van der Waals surface area contributed by atoms with Crippen molar-refractivity contribution in [1.82, 2.24) is 15.5 Å². The van der Waals surface area contributed by atoms with Crippen LogP contribution in [0.15, 0.2) is 28.8 Å². The standard InChI is InChI=1S/C18H24N4O3/c1-13(2)17-20-16(25-21-17)7-8-19-18(23)14-5-3-4-6-15(14)22-9-11-24-12-10-22/h3-6,13H,7-12H2,1-2H3,(H,19,23). The minimum absolute atomic E-state index is 0.0920. The van der Waals surface area contributed by atoms with E-state index in [2.05, 4.69) is 20.4 Å². The largest absolute Gasteiger partial charge is 0.378 e. The molecule has 0 atom stereocenters. The van der Waals surface area contributed by atoms with E-state index in [4.69, 9.17) is 9.26 Å². The summed E-state index contributed by atoms with van der Waals surface area (Å²) in [5.41, 5.74) is 1.63. The van der Waals surface area contributed by atoms with Gasteiger partial charge in [0, 0.05) is 37.7 Å². The number of anilines is 1. The van der Waals surface area contributed by atoms with Gasteiger partial charge in [0.15, 0.2) is 5.82 Å². The first-order valence-electron chi connectivity index (χ1n) is 8.67. The molecule has 0 spiro atoms. The second-order valence-corrected chi connectivity index (χ2v) is 6.32. The Morgan fingerprint density at radius 3 is 2.76 bits per heavy atom. The first kappa shape index (κ1) is 17.4. The van der Waals surface area contributed by atoms with Crippen molar-refractivity contribution in [2.24, 2.45) is 0 Å². The molecule has 1 N–H and O–H groups in total. The van der Waals surface area contributed by atoms with E-state index in [-0.39, 0.29) is 11.8 Å². The summed E-state index contributed by atoms with van der Waals surface area (Å²) in [7, 11) is 0. The normalized spacial score (nSPS) is 14.8. The average molecular weight is 344 g/mol. The van der Waals surface area contributed by atoms with E-state index >= 15 is 0 Å². The third-order valence-corrected chi connectivity index (χ3v) is 4.13. The van der Waals surface area contributed by atoms with Crippen LogP contribution in [0.2, 0.25) is 0 Å². The van der Waals surface area contributed by atoms with Gasteiger partial charge in [0.05, 0.1) is 18.8 Å². The number of amides is 1. The van der Waals surface area contributed by atoms with Gasteiger partial charge in [-0.1, -0.05) is 31.1 Å². The molecule has 0 radical (unpaired) electrons. The van der Waals surface area contributed by atoms with Crippen molar-refractivity contribution in [3.05, 3.63) is 41.5 Å². The molecule has 0 bridgehead atoms. The lowest BCUT2D eigenvalue weighted by Gasteiger charge is -2.30. The van der Waals surface area contributed by atoms with Gasteiger partial charge in [-0.2, -0.15) is 4.98 Å². The van der Waals surface area contributed by atoms with Gasteiger partial charge in [0.2, 0.25) is 5.89 Å². The van der Waals surface area contributed by atoms with Crippen LogP contribution in [0.25, 0.3) is 0 Å². The maximum Gasteiger partial charge on any atom is 0.253 e. The number of benzene rings is 1. The van der Waals surface area contributed by atoms with Crippen molar-refractivity contribution in [3.63, 3.8) is 0 Å². The van der Waals surface area contributed by atoms with Crippen molar-refractivity contribution in [2.75, 3.05) is 37.7 Å². The fourth-order valence-electron chi connectivity index (χ4n) is 2.73. The number of carbonyl (C=O) groups is 1. The highest BCUT2D eigenvalue weighted by Gasteiger charge is 2.18. The third-order valence-electron chi connectivity index (χ3n) is 4.13. The highest BCUT2D eigenvalue weighted by Crippen LogP contribution is 2.21. The lowest BCUT2D eigenvalue weighted by molar-refractivity contribution is 0.0952. The van der Waals surface area contributed by atoms with Crippen LogP contribution in [0.3, 0.4) is 0 Å². The van der Waals surface area contributed by atoms with Crippen LogP contribution in [-0.4, -0.2) is 48.9 Å². The molecule has 1 amide bonds. The molecule has 1 aromatic carbocycles. The molecular formula is C18H24N4O3. The van der Waals surface area contributed by atoms with Crippen molar-refractivity contribution in [1.29, 1.82) is 0 Å². The molecule has 1 fully saturated rings. The van der Waals surface area contributed by atoms with Crippen molar-refractivity contribution >= 4 is 11.6 Å². The number of aromatic nitrogens is 2. The van der Waals surface area contributed by atoms with Gasteiger partial charge < -0.3 is 19.5 Å². The highest BCUT2D eigenvalue weighted by atomic mass is 16.5. The number of para-hydroxylation sites is 1. The van der Waals surface area contributed by atoms with E-state index in [1.165, 1.54) is 0 Å². The zero-order valence-corrected chi connectivity index (χ0v) is 14.7. The van der Waals surface area contributed by atoms with Crippen LogP contribution >= 0.6 is 0 Å². The molecule has 25 heavy (non-hydrogen) atoms. The lowest BCUT2D eigenvalue weighted by Crippen LogP contribution is -2.38. The number of rotatable bonds is 6. The molecule has 0 unspecified atom stereocenters. The smallest absolute Gasteiger partial charge is 0.253 e. The molecular weight excluding hydrogens is 320 g/mol. The average Bonchev–Trinajstić information content (AvgIpc) is 3.12. The van der Waals surface area contributed by atoms with E-state index in [1.807, 2.05) is 38.1 Å². The lowest BCUT2D eigenvalue weighted by atomic mass is 10.1. The SMILES string of the molecule is CC(C)c1noc(CCNC(=O)c2ccccc2N2CCOCC2)n1. The van der Waals surface area contributed by atoms with Crippen molar-refractivity contribution in [3.8, 4) is 0 Å². The minimum Gasteiger partial charge on any atom is -0.378 e. The van der Waals surface area contributed by atoms with Crippen LogP contribution in [0.4, 0.5) is 5.69 Å². The Labute approximate surface area is 147 Å². The van der Waals surface area contributed by atoms with Gasteiger partial charge in [-0.25, -0.2) is 0 Å². The van der Waals surface area contributed by atoms with E-state index < -0.39 is 0 Å².